The van der Waals surface area contributed by atoms with E-state index in [1.54, 1.807) is 14.2 Å². The molecule has 6 heteroatoms. The predicted octanol–water partition coefficient (Wildman–Crippen LogP) is 3.68. The molecule has 1 saturated heterocycles. The average molecular weight is 421 g/mol. The lowest BCUT2D eigenvalue weighted by molar-refractivity contribution is 0.270. The highest BCUT2D eigenvalue weighted by atomic mass is 16.5. The van der Waals surface area contributed by atoms with Crippen molar-refractivity contribution in [3.63, 3.8) is 0 Å². The van der Waals surface area contributed by atoms with Crippen molar-refractivity contribution >= 4 is 16.7 Å². The molecule has 0 unspecified atom stereocenters. The summed E-state index contributed by atoms with van der Waals surface area (Å²) in [5.41, 5.74) is 3.35. The third-order valence-electron chi connectivity index (χ3n) is 6.02. The fourth-order valence-electron chi connectivity index (χ4n) is 4.17. The second kappa shape index (κ2) is 9.98. The number of anilines is 1. The maximum absolute atomic E-state index is 5.49. The number of methoxy groups -OCH3 is 2. The number of nitrogens with zero attached hydrogens (tertiary/aromatic N) is 3. The lowest BCUT2D eigenvalue weighted by Crippen LogP contribution is -2.46. The number of ether oxygens (including phenoxy) is 2. The van der Waals surface area contributed by atoms with Crippen molar-refractivity contribution in [1.29, 1.82) is 0 Å². The van der Waals surface area contributed by atoms with Gasteiger partial charge in [0, 0.05) is 61.8 Å². The Morgan fingerprint density at radius 3 is 2.42 bits per heavy atom. The van der Waals surface area contributed by atoms with Crippen molar-refractivity contribution in [2.45, 2.75) is 20.0 Å². The van der Waals surface area contributed by atoms with Crippen molar-refractivity contribution in [3.8, 4) is 11.5 Å². The van der Waals surface area contributed by atoms with Crippen LogP contribution in [0.25, 0.3) is 10.9 Å². The van der Waals surface area contributed by atoms with Crippen LogP contribution in [0.4, 0.5) is 5.82 Å². The molecular formula is C25H32N4O2. The van der Waals surface area contributed by atoms with Crippen LogP contribution in [0.5, 0.6) is 11.5 Å². The summed E-state index contributed by atoms with van der Waals surface area (Å²) >= 11 is 0. The molecule has 1 aliphatic heterocycles. The minimum absolute atomic E-state index is 0.744. The Balaban J connectivity index is 1.59. The van der Waals surface area contributed by atoms with E-state index < -0.39 is 0 Å². The lowest BCUT2D eigenvalue weighted by atomic mass is 10.1. The second-order valence-corrected chi connectivity index (χ2v) is 7.87. The molecule has 4 rings (SSSR count). The number of piperazine rings is 1. The van der Waals surface area contributed by atoms with E-state index in [1.165, 1.54) is 5.56 Å². The number of aromatic nitrogens is 1. The highest BCUT2D eigenvalue weighted by molar-refractivity contribution is 5.83. The van der Waals surface area contributed by atoms with Crippen LogP contribution >= 0.6 is 0 Å². The molecule has 164 valence electrons. The number of likely N-dealkylation sites (N-methyl/N-ethyl adjacent to an activating group) is 1. The summed E-state index contributed by atoms with van der Waals surface area (Å²) < 4.78 is 10.9. The van der Waals surface area contributed by atoms with E-state index in [0.29, 0.717) is 0 Å². The first-order chi connectivity index (χ1) is 15.2. The van der Waals surface area contributed by atoms with Gasteiger partial charge >= 0.3 is 0 Å². The van der Waals surface area contributed by atoms with Gasteiger partial charge < -0.3 is 24.6 Å². The molecule has 6 nitrogen and oxygen atoms in total. The Morgan fingerprint density at radius 1 is 0.903 bits per heavy atom. The van der Waals surface area contributed by atoms with E-state index in [-0.39, 0.29) is 0 Å². The van der Waals surface area contributed by atoms with E-state index in [2.05, 4.69) is 40.2 Å². The summed E-state index contributed by atoms with van der Waals surface area (Å²) in [6.45, 7) is 8.95. The first kappa shape index (κ1) is 21.4. The monoisotopic (exact) mass is 420 g/mol. The highest BCUT2D eigenvalue weighted by Gasteiger charge is 2.20. The molecule has 1 fully saturated rings. The third-order valence-corrected chi connectivity index (χ3v) is 6.02. The van der Waals surface area contributed by atoms with Crippen LogP contribution < -0.4 is 19.7 Å². The standard InChI is InChI=1S/C25H32N4O2/c1-4-28-11-13-29(14-12-28)25-21(15-19-9-10-22(30-2)16-23(19)27-25)18-26-17-20-7-5-6-8-24(20)31-3/h5-10,15-16,26H,4,11-14,17-18H2,1-3H3. The molecule has 0 amide bonds. The summed E-state index contributed by atoms with van der Waals surface area (Å²) in [7, 11) is 3.41. The first-order valence-corrected chi connectivity index (χ1v) is 11.0. The zero-order valence-corrected chi connectivity index (χ0v) is 18.7. The summed E-state index contributed by atoms with van der Waals surface area (Å²) in [6.07, 6.45) is 0. The van der Waals surface area contributed by atoms with Crippen molar-refractivity contribution in [2.24, 2.45) is 0 Å². The van der Waals surface area contributed by atoms with Gasteiger partial charge in [0.05, 0.1) is 19.7 Å². The van der Waals surface area contributed by atoms with Crippen LogP contribution in [0, 0.1) is 0 Å². The Labute approximate surface area is 184 Å². The van der Waals surface area contributed by atoms with Crippen LogP contribution in [0.15, 0.2) is 48.5 Å². The normalized spacial score (nSPS) is 14.7. The van der Waals surface area contributed by atoms with Crippen LogP contribution in [0.1, 0.15) is 18.1 Å². The molecule has 31 heavy (non-hydrogen) atoms. The predicted molar refractivity (Wildman–Crippen MR) is 126 cm³/mol. The van der Waals surface area contributed by atoms with E-state index in [1.807, 2.05) is 30.3 Å². The van der Waals surface area contributed by atoms with Crippen LogP contribution in [0.3, 0.4) is 0 Å². The molecule has 3 aromatic rings. The van der Waals surface area contributed by atoms with E-state index in [0.717, 1.165) is 79.6 Å². The van der Waals surface area contributed by atoms with Gasteiger partial charge in [-0.2, -0.15) is 0 Å². The van der Waals surface area contributed by atoms with Gasteiger partial charge in [-0.3, -0.25) is 0 Å². The Kier molecular flexibility index (Phi) is 6.89. The van der Waals surface area contributed by atoms with Gasteiger partial charge in [0.15, 0.2) is 0 Å². The largest absolute Gasteiger partial charge is 0.497 e. The van der Waals surface area contributed by atoms with Crippen LogP contribution in [0.2, 0.25) is 0 Å². The summed E-state index contributed by atoms with van der Waals surface area (Å²) in [5, 5.41) is 4.73. The van der Waals surface area contributed by atoms with Gasteiger partial charge in [-0.05, 0) is 30.8 Å². The van der Waals surface area contributed by atoms with Gasteiger partial charge in [-0.15, -0.1) is 0 Å². The fourth-order valence-corrected chi connectivity index (χ4v) is 4.17. The van der Waals surface area contributed by atoms with Gasteiger partial charge in [0.1, 0.15) is 17.3 Å². The summed E-state index contributed by atoms with van der Waals surface area (Å²) in [4.78, 5) is 9.99. The highest BCUT2D eigenvalue weighted by Crippen LogP contribution is 2.27. The maximum atomic E-state index is 5.49. The van der Waals surface area contributed by atoms with Crippen LogP contribution in [-0.4, -0.2) is 56.8 Å². The zero-order valence-electron chi connectivity index (χ0n) is 18.7. The Hall–Kier alpha value is -2.83. The Morgan fingerprint density at radius 2 is 1.68 bits per heavy atom. The number of hydrogen-bond acceptors (Lipinski definition) is 6. The molecule has 2 aromatic carbocycles. The number of hydrogen-bond donors (Lipinski definition) is 1. The molecule has 0 radical (unpaired) electrons. The van der Waals surface area contributed by atoms with E-state index in [9.17, 15) is 0 Å². The molecule has 0 aliphatic carbocycles. The molecular weight excluding hydrogens is 388 g/mol. The average Bonchev–Trinajstić information content (AvgIpc) is 2.83. The molecule has 0 saturated carbocycles. The molecule has 0 bridgehead atoms. The van der Waals surface area contributed by atoms with Crippen molar-refractivity contribution in [2.75, 3.05) is 51.8 Å². The molecule has 1 aromatic heterocycles. The Bertz CT molecular complexity index is 1020. The first-order valence-electron chi connectivity index (χ1n) is 11.0. The van der Waals surface area contributed by atoms with Gasteiger partial charge in [-0.1, -0.05) is 25.1 Å². The quantitative estimate of drug-likeness (QED) is 0.600. The number of para-hydroxylation sites is 1. The molecule has 2 heterocycles. The minimum Gasteiger partial charge on any atom is -0.497 e. The van der Waals surface area contributed by atoms with Gasteiger partial charge in [-0.25, -0.2) is 4.98 Å². The van der Waals surface area contributed by atoms with E-state index >= 15 is 0 Å². The van der Waals surface area contributed by atoms with Gasteiger partial charge in [0.25, 0.3) is 0 Å². The fraction of sp³-hybridized carbons (Fsp3) is 0.400. The molecule has 1 aliphatic rings. The summed E-state index contributed by atoms with van der Waals surface area (Å²) in [5.74, 6) is 2.82. The minimum atomic E-state index is 0.744. The van der Waals surface area contributed by atoms with E-state index in [4.69, 9.17) is 14.5 Å². The second-order valence-electron chi connectivity index (χ2n) is 7.87. The number of benzene rings is 2. The number of fused-ring (bicyclic) bond motifs is 1. The van der Waals surface area contributed by atoms with Gasteiger partial charge in [0.2, 0.25) is 0 Å². The topological polar surface area (TPSA) is 49.9 Å². The zero-order chi connectivity index (χ0) is 21.6. The number of pyridine rings is 1. The lowest BCUT2D eigenvalue weighted by Gasteiger charge is -2.35. The SMILES string of the molecule is CCN1CCN(c2nc3cc(OC)ccc3cc2CNCc2ccccc2OC)CC1. The molecule has 0 spiro atoms. The summed E-state index contributed by atoms with van der Waals surface area (Å²) in [6, 6.07) is 16.5. The van der Waals surface area contributed by atoms with Crippen molar-refractivity contribution < 1.29 is 9.47 Å². The number of nitrogens with one attached hydrogen (secondary N) is 1. The van der Waals surface area contributed by atoms with Crippen molar-refractivity contribution in [3.05, 3.63) is 59.7 Å². The van der Waals surface area contributed by atoms with Crippen molar-refractivity contribution in [1.82, 2.24) is 15.2 Å². The maximum Gasteiger partial charge on any atom is 0.133 e. The number of rotatable bonds is 8. The smallest absolute Gasteiger partial charge is 0.133 e. The molecule has 0 atom stereocenters. The van der Waals surface area contributed by atoms with Crippen LogP contribution in [-0.2, 0) is 13.1 Å². The third kappa shape index (κ3) is 4.92. The molecule has 1 N–H and O–H groups in total.